The monoisotopic (exact) mass is 279 g/mol. The fraction of sp³-hybridized carbons (Fsp3) is 0.500. The number of anilines is 1. The smallest absolute Gasteiger partial charge is 0.302 e. The Morgan fingerprint density at radius 2 is 2.40 bits per heavy atom. The highest BCUT2D eigenvalue weighted by molar-refractivity contribution is 5.81. The SMILES string of the molecule is CC(=O)OC[C@H]1C[C@@]1(F)Cn1cnc2c(N)ncnc21. The minimum atomic E-state index is -1.39. The molecule has 20 heavy (non-hydrogen) atoms. The summed E-state index contributed by atoms with van der Waals surface area (Å²) >= 11 is 0. The van der Waals surface area contributed by atoms with E-state index in [2.05, 4.69) is 15.0 Å². The molecule has 1 fully saturated rings. The Labute approximate surface area is 114 Å². The number of aromatic nitrogens is 4. The lowest BCUT2D eigenvalue weighted by atomic mass is 10.3. The summed E-state index contributed by atoms with van der Waals surface area (Å²) in [5.74, 6) is -0.398. The molecular weight excluding hydrogens is 265 g/mol. The molecule has 0 amide bonds. The van der Waals surface area contributed by atoms with Crippen molar-refractivity contribution in [2.24, 2.45) is 5.92 Å². The van der Waals surface area contributed by atoms with Gasteiger partial charge in [0.15, 0.2) is 11.5 Å². The zero-order valence-electron chi connectivity index (χ0n) is 10.9. The lowest BCUT2D eigenvalue weighted by Crippen LogP contribution is -2.17. The first-order valence-corrected chi connectivity index (χ1v) is 6.23. The van der Waals surface area contributed by atoms with E-state index in [0.29, 0.717) is 17.6 Å². The lowest BCUT2D eigenvalue weighted by molar-refractivity contribution is -0.141. The van der Waals surface area contributed by atoms with Crippen molar-refractivity contribution in [2.75, 3.05) is 12.3 Å². The van der Waals surface area contributed by atoms with E-state index < -0.39 is 11.6 Å². The second kappa shape index (κ2) is 4.39. The maximum atomic E-state index is 14.5. The molecule has 2 aromatic heterocycles. The van der Waals surface area contributed by atoms with Gasteiger partial charge in [-0.1, -0.05) is 0 Å². The highest BCUT2D eigenvalue weighted by atomic mass is 19.1. The number of carbonyl (C=O) groups excluding carboxylic acids is 1. The number of hydrogen-bond donors (Lipinski definition) is 1. The van der Waals surface area contributed by atoms with Crippen molar-refractivity contribution in [2.45, 2.75) is 25.6 Å². The van der Waals surface area contributed by atoms with Crippen LogP contribution < -0.4 is 5.73 Å². The summed E-state index contributed by atoms with van der Waals surface area (Å²) in [5.41, 5.74) is 5.27. The molecule has 2 heterocycles. The Kier molecular flexibility index (Phi) is 2.81. The van der Waals surface area contributed by atoms with Crippen LogP contribution >= 0.6 is 0 Å². The molecule has 1 aliphatic carbocycles. The number of carbonyl (C=O) groups is 1. The first kappa shape index (κ1) is 12.8. The normalized spacial score (nSPS) is 24.8. The highest BCUT2D eigenvalue weighted by Crippen LogP contribution is 2.49. The number of ether oxygens (including phenoxy) is 1. The summed E-state index contributed by atoms with van der Waals surface area (Å²) in [6.45, 7) is 1.53. The van der Waals surface area contributed by atoms with Crippen molar-refractivity contribution in [3.63, 3.8) is 0 Å². The summed E-state index contributed by atoms with van der Waals surface area (Å²) in [6, 6.07) is 0. The Hall–Kier alpha value is -2.25. The van der Waals surface area contributed by atoms with E-state index in [-0.39, 0.29) is 24.9 Å². The lowest BCUT2D eigenvalue weighted by Gasteiger charge is -2.09. The van der Waals surface area contributed by atoms with Crippen molar-refractivity contribution in [3.05, 3.63) is 12.7 Å². The van der Waals surface area contributed by atoms with Crippen LogP contribution in [0.25, 0.3) is 11.2 Å². The van der Waals surface area contributed by atoms with Crippen LogP contribution in [0.2, 0.25) is 0 Å². The Bertz CT molecular complexity index is 673. The van der Waals surface area contributed by atoms with Gasteiger partial charge in [0.05, 0.1) is 19.5 Å². The Morgan fingerprint density at radius 1 is 1.60 bits per heavy atom. The third-order valence-corrected chi connectivity index (χ3v) is 3.51. The van der Waals surface area contributed by atoms with Gasteiger partial charge in [-0.3, -0.25) is 4.79 Å². The molecule has 2 N–H and O–H groups in total. The number of fused-ring (bicyclic) bond motifs is 1. The summed E-state index contributed by atoms with van der Waals surface area (Å²) in [7, 11) is 0. The van der Waals surface area contributed by atoms with Gasteiger partial charge in [0, 0.05) is 12.8 Å². The molecule has 0 radical (unpaired) electrons. The third kappa shape index (κ3) is 2.17. The Balaban J connectivity index is 1.74. The van der Waals surface area contributed by atoms with E-state index in [0.717, 1.165) is 0 Å². The maximum absolute atomic E-state index is 14.5. The first-order chi connectivity index (χ1) is 9.49. The van der Waals surface area contributed by atoms with Crippen molar-refractivity contribution in [1.29, 1.82) is 0 Å². The van der Waals surface area contributed by atoms with Gasteiger partial charge in [-0.2, -0.15) is 0 Å². The van der Waals surface area contributed by atoms with Crippen molar-refractivity contribution >= 4 is 23.0 Å². The zero-order chi connectivity index (χ0) is 14.3. The van der Waals surface area contributed by atoms with Crippen LogP contribution in [0.1, 0.15) is 13.3 Å². The van der Waals surface area contributed by atoms with E-state index >= 15 is 0 Å². The topological polar surface area (TPSA) is 95.9 Å². The third-order valence-electron chi connectivity index (χ3n) is 3.51. The molecule has 0 saturated heterocycles. The second-order valence-electron chi connectivity index (χ2n) is 5.04. The van der Waals surface area contributed by atoms with Crippen molar-refractivity contribution in [1.82, 2.24) is 19.5 Å². The molecule has 2 aromatic rings. The predicted molar refractivity (Wildman–Crippen MR) is 68.3 cm³/mol. The van der Waals surface area contributed by atoms with Gasteiger partial charge >= 0.3 is 5.97 Å². The van der Waals surface area contributed by atoms with Crippen LogP contribution in [-0.2, 0) is 16.1 Å². The van der Waals surface area contributed by atoms with E-state index in [9.17, 15) is 9.18 Å². The van der Waals surface area contributed by atoms with Crippen LogP contribution in [0.4, 0.5) is 10.2 Å². The van der Waals surface area contributed by atoms with Crippen molar-refractivity contribution < 1.29 is 13.9 Å². The summed E-state index contributed by atoms with van der Waals surface area (Å²) < 4.78 is 20.9. The number of nitrogen functional groups attached to an aromatic ring is 1. The fourth-order valence-corrected chi connectivity index (χ4v) is 2.27. The average Bonchev–Trinajstić information content (AvgIpc) is 2.84. The molecule has 0 aliphatic heterocycles. The van der Waals surface area contributed by atoms with Gasteiger partial charge in [0.2, 0.25) is 0 Å². The van der Waals surface area contributed by atoms with Crippen LogP contribution in [0.15, 0.2) is 12.7 Å². The molecule has 7 nitrogen and oxygen atoms in total. The summed E-state index contributed by atoms with van der Waals surface area (Å²) in [5, 5.41) is 0. The molecule has 0 spiro atoms. The van der Waals surface area contributed by atoms with Crippen LogP contribution in [0.5, 0.6) is 0 Å². The predicted octanol–water partition coefficient (Wildman–Crippen LogP) is 0.700. The molecule has 1 aliphatic rings. The van der Waals surface area contributed by atoms with Crippen molar-refractivity contribution in [3.8, 4) is 0 Å². The highest BCUT2D eigenvalue weighted by Gasteiger charge is 2.56. The molecule has 1 saturated carbocycles. The minimum Gasteiger partial charge on any atom is -0.465 e. The molecular formula is C12H14FN5O2. The van der Waals surface area contributed by atoms with E-state index in [1.807, 2.05) is 0 Å². The molecule has 106 valence electrons. The molecule has 8 heteroatoms. The number of rotatable bonds is 4. The van der Waals surface area contributed by atoms with Gasteiger partial charge in [-0.15, -0.1) is 0 Å². The van der Waals surface area contributed by atoms with E-state index in [1.54, 1.807) is 4.57 Å². The molecule has 0 bridgehead atoms. The standard InChI is InChI=1S/C12H14FN5O2/c1-7(19)20-3-8-2-12(8,13)4-18-6-17-9-10(14)15-5-16-11(9)18/h5-6,8H,2-4H2,1H3,(H2,14,15,16)/t8-,12-/m1/s1. The second-order valence-corrected chi connectivity index (χ2v) is 5.04. The van der Waals surface area contributed by atoms with E-state index in [4.69, 9.17) is 10.5 Å². The average molecular weight is 279 g/mol. The largest absolute Gasteiger partial charge is 0.465 e. The number of halogens is 1. The number of imidazole rings is 1. The summed E-state index contributed by atoms with van der Waals surface area (Å²) in [6.07, 6.45) is 3.18. The number of alkyl halides is 1. The number of esters is 1. The number of hydrogen-bond acceptors (Lipinski definition) is 6. The van der Waals surface area contributed by atoms with Crippen LogP contribution in [0.3, 0.4) is 0 Å². The van der Waals surface area contributed by atoms with Crippen LogP contribution in [-0.4, -0.2) is 37.8 Å². The number of nitrogens with zero attached hydrogens (tertiary/aromatic N) is 4. The number of nitrogens with two attached hydrogens (primary N) is 1. The quantitative estimate of drug-likeness (QED) is 0.828. The van der Waals surface area contributed by atoms with Gasteiger partial charge in [0.25, 0.3) is 0 Å². The van der Waals surface area contributed by atoms with Gasteiger partial charge in [0.1, 0.15) is 17.5 Å². The minimum absolute atomic E-state index is 0.107. The van der Waals surface area contributed by atoms with Gasteiger partial charge in [-0.05, 0) is 6.42 Å². The maximum Gasteiger partial charge on any atom is 0.302 e. The molecule has 0 aromatic carbocycles. The first-order valence-electron chi connectivity index (χ1n) is 6.23. The molecule has 2 atom stereocenters. The fourth-order valence-electron chi connectivity index (χ4n) is 2.27. The van der Waals surface area contributed by atoms with Gasteiger partial charge < -0.3 is 15.0 Å². The summed E-state index contributed by atoms with van der Waals surface area (Å²) in [4.78, 5) is 22.7. The van der Waals surface area contributed by atoms with E-state index in [1.165, 1.54) is 19.6 Å². The Morgan fingerprint density at radius 3 is 3.15 bits per heavy atom. The molecule has 3 rings (SSSR count). The van der Waals surface area contributed by atoms with Gasteiger partial charge in [-0.25, -0.2) is 19.3 Å². The zero-order valence-corrected chi connectivity index (χ0v) is 10.9. The van der Waals surface area contributed by atoms with Crippen LogP contribution in [0, 0.1) is 5.92 Å². The molecule has 0 unspecified atom stereocenters.